The lowest BCUT2D eigenvalue weighted by Gasteiger charge is -2.01. The first-order valence-corrected chi connectivity index (χ1v) is 10.7. The molecule has 4 heterocycles. The molecule has 0 amide bonds. The summed E-state index contributed by atoms with van der Waals surface area (Å²) < 4.78 is 14.8. The molecule has 8 heteroatoms. The topological polar surface area (TPSA) is 86.4 Å². The second-order valence-corrected chi connectivity index (χ2v) is 8.32. The molecule has 0 N–H and O–H groups in total. The van der Waals surface area contributed by atoms with Crippen LogP contribution in [0.3, 0.4) is 0 Å². The van der Waals surface area contributed by atoms with Crippen LogP contribution >= 0.6 is 11.3 Å². The number of hydrogen-bond acceptors (Lipinski definition) is 7. The quantitative estimate of drug-likeness (QED) is 0.383. The molecule has 6 rings (SSSR count). The molecule has 0 aliphatic carbocycles. The zero-order valence-corrected chi connectivity index (χ0v) is 17.6. The maximum absolute atomic E-state index is 13.1. The number of aryl methyl sites for hydroxylation is 2. The number of imidazole rings is 1. The van der Waals surface area contributed by atoms with E-state index in [4.69, 9.17) is 8.83 Å². The lowest BCUT2D eigenvalue weighted by molar-refractivity contribution is 0.567. The van der Waals surface area contributed by atoms with Gasteiger partial charge in [0.2, 0.25) is 5.43 Å². The number of thiazole rings is 1. The minimum Gasteiger partial charge on any atom is -0.463 e. The molecule has 7 nitrogen and oxygen atoms in total. The normalized spacial score (nSPS) is 11.8. The smallest absolute Gasteiger partial charge is 0.266 e. The molecule has 0 atom stereocenters. The van der Waals surface area contributed by atoms with Crippen molar-refractivity contribution >= 4 is 37.5 Å². The Morgan fingerprint density at radius 1 is 1.10 bits per heavy atom. The minimum atomic E-state index is -0.192. The van der Waals surface area contributed by atoms with E-state index in [2.05, 4.69) is 21.2 Å². The molecule has 0 unspecified atom stereocenters. The first-order chi connectivity index (χ1) is 15.1. The van der Waals surface area contributed by atoms with E-state index in [1.54, 1.807) is 11.3 Å². The van der Waals surface area contributed by atoms with E-state index in [1.807, 2.05) is 54.6 Å². The zero-order valence-electron chi connectivity index (χ0n) is 16.7. The van der Waals surface area contributed by atoms with E-state index >= 15 is 0 Å². The van der Waals surface area contributed by atoms with Crippen LogP contribution in [-0.4, -0.2) is 19.6 Å². The highest BCUT2D eigenvalue weighted by Gasteiger charge is 2.22. The van der Waals surface area contributed by atoms with Crippen LogP contribution in [0.15, 0.2) is 62.4 Å². The molecule has 0 spiro atoms. The van der Waals surface area contributed by atoms with Gasteiger partial charge >= 0.3 is 0 Å². The average molecular weight is 428 g/mol. The molecular weight excluding hydrogens is 412 g/mol. The number of fused-ring (bicyclic) bond motifs is 4. The fourth-order valence-corrected chi connectivity index (χ4v) is 4.92. The van der Waals surface area contributed by atoms with E-state index in [9.17, 15) is 4.79 Å². The van der Waals surface area contributed by atoms with Crippen molar-refractivity contribution in [1.82, 2.24) is 19.6 Å². The predicted molar refractivity (Wildman–Crippen MR) is 119 cm³/mol. The van der Waals surface area contributed by atoms with Gasteiger partial charge in [-0.25, -0.2) is 4.98 Å². The van der Waals surface area contributed by atoms with Gasteiger partial charge in [0.25, 0.3) is 11.8 Å². The Balaban J connectivity index is 1.53. The van der Waals surface area contributed by atoms with Crippen LogP contribution in [0.2, 0.25) is 0 Å². The van der Waals surface area contributed by atoms with Crippen molar-refractivity contribution < 1.29 is 8.83 Å². The van der Waals surface area contributed by atoms with Crippen molar-refractivity contribution in [3.05, 3.63) is 70.2 Å². The van der Waals surface area contributed by atoms with Gasteiger partial charge in [-0.15, -0.1) is 10.2 Å². The number of nitrogens with zero attached hydrogens (tertiary/aromatic N) is 4. The van der Waals surface area contributed by atoms with Gasteiger partial charge in [0.1, 0.15) is 23.1 Å². The van der Waals surface area contributed by atoms with E-state index in [1.165, 1.54) is 6.26 Å². The Hall–Kier alpha value is -3.78. The second kappa shape index (κ2) is 6.61. The first-order valence-electron chi connectivity index (χ1n) is 9.89. The van der Waals surface area contributed by atoms with Crippen LogP contribution in [0.25, 0.3) is 49.2 Å². The van der Waals surface area contributed by atoms with Crippen molar-refractivity contribution in [1.29, 1.82) is 0 Å². The third kappa shape index (κ3) is 2.65. The first kappa shape index (κ1) is 18.0. The summed E-state index contributed by atoms with van der Waals surface area (Å²) >= 11 is 1.60. The Morgan fingerprint density at radius 2 is 1.94 bits per heavy atom. The molecule has 0 aliphatic rings. The molecule has 0 fully saturated rings. The lowest BCUT2D eigenvalue weighted by Crippen LogP contribution is -2.05. The summed E-state index contributed by atoms with van der Waals surface area (Å²) in [5.74, 6) is 0.437. The number of hydrogen-bond donors (Lipinski definition) is 0. The summed E-state index contributed by atoms with van der Waals surface area (Å²) in [7, 11) is 0. The summed E-state index contributed by atoms with van der Waals surface area (Å²) in [5, 5.41) is 8.89. The standard InChI is InChI=1S/C23H16N4O3S/c1-3-13-8-9-17-14(10-13)20(28)15(11-29-17)21-25-26-22(30-21)19-12(2)24-23-27(19)16-6-4-5-7-18(16)31-23/h4-11H,3H2,1-2H3. The van der Waals surface area contributed by atoms with Crippen LogP contribution in [-0.2, 0) is 6.42 Å². The molecule has 4 aromatic heterocycles. The summed E-state index contributed by atoms with van der Waals surface area (Å²) in [6.07, 6.45) is 2.21. The highest BCUT2D eigenvalue weighted by molar-refractivity contribution is 7.23. The Bertz CT molecular complexity index is 1670. The third-order valence-corrected chi connectivity index (χ3v) is 6.45. The summed E-state index contributed by atoms with van der Waals surface area (Å²) in [4.78, 5) is 18.6. The predicted octanol–water partition coefficient (Wildman–Crippen LogP) is 5.24. The Morgan fingerprint density at radius 3 is 2.81 bits per heavy atom. The van der Waals surface area contributed by atoms with Gasteiger partial charge in [-0.3, -0.25) is 9.20 Å². The monoisotopic (exact) mass is 428 g/mol. The van der Waals surface area contributed by atoms with E-state index < -0.39 is 0 Å². The van der Waals surface area contributed by atoms with Gasteiger partial charge < -0.3 is 8.83 Å². The molecule has 2 aromatic carbocycles. The molecule has 0 bridgehead atoms. The fourth-order valence-electron chi connectivity index (χ4n) is 3.85. The number of para-hydroxylation sites is 1. The van der Waals surface area contributed by atoms with Crippen molar-refractivity contribution in [2.24, 2.45) is 0 Å². The van der Waals surface area contributed by atoms with Gasteiger partial charge in [0.15, 0.2) is 4.96 Å². The SMILES string of the molecule is CCc1ccc2occ(-c3nnc(-c4c(C)nc5sc6ccccc6n45)o3)c(=O)c2c1. The summed E-state index contributed by atoms with van der Waals surface area (Å²) in [6, 6.07) is 13.7. The van der Waals surface area contributed by atoms with E-state index in [0.717, 1.165) is 38.5 Å². The molecular formula is C23H16N4O3S. The van der Waals surface area contributed by atoms with Gasteiger partial charge in [-0.05, 0) is 43.2 Å². The Kier molecular flexibility index (Phi) is 3.85. The molecule has 0 saturated carbocycles. The van der Waals surface area contributed by atoms with Crippen molar-refractivity contribution in [3.63, 3.8) is 0 Å². The molecule has 6 aromatic rings. The van der Waals surface area contributed by atoms with Gasteiger partial charge in [0, 0.05) is 0 Å². The zero-order chi connectivity index (χ0) is 21.1. The molecule has 31 heavy (non-hydrogen) atoms. The van der Waals surface area contributed by atoms with Gasteiger partial charge in [-0.2, -0.15) is 0 Å². The number of rotatable bonds is 3. The lowest BCUT2D eigenvalue weighted by atomic mass is 10.1. The van der Waals surface area contributed by atoms with E-state index in [0.29, 0.717) is 16.9 Å². The maximum atomic E-state index is 13.1. The second-order valence-electron chi connectivity index (χ2n) is 7.31. The van der Waals surface area contributed by atoms with Crippen LogP contribution in [0.5, 0.6) is 0 Å². The van der Waals surface area contributed by atoms with Crippen LogP contribution in [0.4, 0.5) is 0 Å². The number of benzene rings is 2. The van der Waals surface area contributed by atoms with Crippen LogP contribution < -0.4 is 5.43 Å². The van der Waals surface area contributed by atoms with E-state index in [-0.39, 0.29) is 16.9 Å². The summed E-state index contributed by atoms with van der Waals surface area (Å²) in [6.45, 7) is 3.95. The average Bonchev–Trinajstić information content (AvgIpc) is 3.47. The molecule has 0 radical (unpaired) electrons. The number of aromatic nitrogens is 4. The largest absolute Gasteiger partial charge is 0.463 e. The Labute approximate surface area is 179 Å². The molecule has 152 valence electrons. The minimum absolute atomic E-state index is 0.126. The highest BCUT2D eigenvalue weighted by Crippen LogP contribution is 2.34. The van der Waals surface area contributed by atoms with Gasteiger partial charge in [-0.1, -0.05) is 36.5 Å². The third-order valence-electron chi connectivity index (χ3n) is 5.43. The van der Waals surface area contributed by atoms with Crippen molar-refractivity contribution in [2.75, 3.05) is 0 Å². The van der Waals surface area contributed by atoms with Crippen molar-refractivity contribution in [2.45, 2.75) is 20.3 Å². The van der Waals surface area contributed by atoms with Gasteiger partial charge in [0.05, 0.1) is 21.3 Å². The maximum Gasteiger partial charge on any atom is 0.266 e. The molecule has 0 aliphatic heterocycles. The fraction of sp³-hybridized carbons (Fsp3) is 0.130. The van der Waals surface area contributed by atoms with Crippen LogP contribution in [0.1, 0.15) is 18.2 Å². The molecule has 0 saturated heterocycles. The highest BCUT2D eigenvalue weighted by atomic mass is 32.1. The van der Waals surface area contributed by atoms with Crippen LogP contribution in [0, 0.1) is 6.92 Å². The summed E-state index contributed by atoms with van der Waals surface area (Å²) in [5.41, 5.74) is 4.18. The van der Waals surface area contributed by atoms with Crippen molar-refractivity contribution in [3.8, 4) is 23.0 Å².